The Morgan fingerprint density at radius 3 is 2.57 bits per heavy atom. The van der Waals surface area contributed by atoms with E-state index in [1.165, 1.54) is 21.1 Å². The molecule has 0 bridgehead atoms. The second-order valence-electron chi connectivity index (χ2n) is 5.17. The second kappa shape index (κ2) is 6.55. The Morgan fingerprint density at radius 2 is 1.91 bits per heavy atom. The van der Waals surface area contributed by atoms with Gasteiger partial charge in [-0.2, -0.15) is 0 Å². The van der Waals surface area contributed by atoms with Crippen LogP contribution in [0.25, 0.3) is 10.8 Å². The zero-order valence-electron chi connectivity index (χ0n) is 13.0. The summed E-state index contributed by atoms with van der Waals surface area (Å²) in [5.74, 6) is 0.411. The Labute approximate surface area is 142 Å². The van der Waals surface area contributed by atoms with Crippen molar-refractivity contribution in [3.63, 3.8) is 0 Å². The molecule has 1 atom stereocenters. The maximum Gasteiger partial charge on any atom is 0.263 e. The van der Waals surface area contributed by atoms with Crippen LogP contribution in [0.4, 0.5) is 0 Å². The van der Waals surface area contributed by atoms with Crippen LogP contribution >= 0.6 is 22.7 Å². The third-order valence-electron chi connectivity index (χ3n) is 3.38. The Hall–Kier alpha value is -2.12. The first kappa shape index (κ1) is 15.8. The lowest BCUT2D eigenvalue weighted by atomic mass is 10.1. The lowest BCUT2D eigenvalue weighted by Crippen LogP contribution is -2.26. The number of hydrogen-bond donors (Lipinski definition) is 1. The summed E-state index contributed by atoms with van der Waals surface area (Å²) in [6.45, 7) is 6.15. The summed E-state index contributed by atoms with van der Waals surface area (Å²) in [7, 11) is 0. The van der Waals surface area contributed by atoms with E-state index in [-0.39, 0.29) is 11.9 Å². The Kier molecular flexibility index (Phi) is 4.49. The van der Waals surface area contributed by atoms with E-state index in [1.54, 1.807) is 36.0 Å². The molecule has 3 heterocycles. The fourth-order valence-corrected chi connectivity index (χ4v) is 4.11. The van der Waals surface area contributed by atoms with Gasteiger partial charge in [-0.3, -0.25) is 4.79 Å². The van der Waals surface area contributed by atoms with Crippen molar-refractivity contribution in [2.75, 3.05) is 0 Å². The molecule has 0 unspecified atom stereocenters. The van der Waals surface area contributed by atoms with Crippen LogP contribution in [0, 0.1) is 13.8 Å². The molecule has 23 heavy (non-hydrogen) atoms. The minimum absolute atomic E-state index is 0.0361. The van der Waals surface area contributed by atoms with Crippen LogP contribution in [0.2, 0.25) is 0 Å². The van der Waals surface area contributed by atoms with Gasteiger partial charge in [-0.1, -0.05) is 0 Å². The van der Waals surface area contributed by atoms with E-state index in [2.05, 4.69) is 40.2 Å². The highest BCUT2D eigenvalue weighted by atomic mass is 32.1. The standard InChI is InChI=1S/C16H16N4OS2/c1-9-7-12(11(3)22-9)10(2)20-15(21)13-8-19-16(23-13)14-17-5-4-6-18-14/h4-8,10H,1-3H3,(H,20,21)/t10-/m0/s1. The summed E-state index contributed by atoms with van der Waals surface area (Å²) in [4.78, 5) is 28.0. The molecular weight excluding hydrogens is 328 g/mol. The molecule has 0 saturated carbocycles. The molecule has 0 aliphatic rings. The second-order valence-corrected chi connectivity index (χ2v) is 7.66. The summed E-state index contributed by atoms with van der Waals surface area (Å²) in [6, 6.07) is 3.84. The van der Waals surface area contributed by atoms with Crippen LogP contribution in [0.1, 0.15) is 38.0 Å². The van der Waals surface area contributed by atoms with Gasteiger partial charge in [-0.15, -0.1) is 22.7 Å². The molecule has 3 aromatic heterocycles. The first-order valence-electron chi connectivity index (χ1n) is 7.15. The van der Waals surface area contributed by atoms with Crippen LogP contribution in [0.3, 0.4) is 0 Å². The molecule has 0 fully saturated rings. The Morgan fingerprint density at radius 1 is 1.17 bits per heavy atom. The van der Waals surface area contributed by atoms with Crippen molar-refractivity contribution in [3.8, 4) is 10.8 Å². The average Bonchev–Trinajstić information content (AvgIpc) is 3.15. The first-order valence-corrected chi connectivity index (χ1v) is 8.79. The van der Waals surface area contributed by atoms with Crippen molar-refractivity contribution in [2.24, 2.45) is 0 Å². The average molecular weight is 344 g/mol. The van der Waals surface area contributed by atoms with Gasteiger partial charge in [-0.05, 0) is 38.5 Å². The van der Waals surface area contributed by atoms with Gasteiger partial charge in [0.25, 0.3) is 5.91 Å². The lowest BCUT2D eigenvalue weighted by molar-refractivity contribution is 0.0944. The molecule has 7 heteroatoms. The van der Waals surface area contributed by atoms with E-state index in [1.807, 2.05) is 6.92 Å². The molecule has 0 aliphatic heterocycles. The summed E-state index contributed by atoms with van der Waals surface area (Å²) in [5.41, 5.74) is 1.16. The van der Waals surface area contributed by atoms with Crippen LogP contribution in [-0.4, -0.2) is 20.9 Å². The zero-order chi connectivity index (χ0) is 16.4. The predicted molar refractivity (Wildman–Crippen MR) is 92.8 cm³/mol. The predicted octanol–water partition coefficient (Wildman–Crippen LogP) is 3.77. The highest BCUT2D eigenvalue weighted by Crippen LogP contribution is 2.27. The third-order valence-corrected chi connectivity index (χ3v) is 5.35. The number of thiazole rings is 1. The van der Waals surface area contributed by atoms with Crippen molar-refractivity contribution in [2.45, 2.75) is 26.8 Å². The first-order chi connectivity index (χ1) is 11.0. The monoisotopic (exact) mass is 344 g/mol. The number of carbonyl (C=O) groups is 1. The van der Waals surface area contributed by atoms with Crippen LogP contribution in [0.15, 0.2) is 30.7 Å². The van der Waals surface area contributed by atoms with Crippen LogP contribution in [0.5, 0.6) is 0 Å². The van der Waals surface area contributed by atoms with Gasteiger partial charge < -0.3 is 5.32 Å². The maximum atomic E-state index is 12.4. The number of carbonyl (C=O) groups excluding carboxylic acids is 1. The molecule has 0 radical (unpaired) electrons. The quantitative estimate of drug-likeness (QED) is 0.782. The largest absolute Gasteiger partial charge is 0.345 e. The normalized spacial score (nSPS) is 12.1. The molecule has 5 nitrogen and oxygen atoms in total. The van der Waals surface area contributed by atoms with E-state index in [9.17, 15) is 4.79 Å². The Bertz CT molecular complexity index is 826. The lowest BCUT2D eigenvalue weighted by Gasteiger charge is -2.12. The number of aryl methyl sites for hydroxylation is 2. The zero-order valence-corrected chi connectivity index (χ0v) is 14.7. The summed E-state index contributed by atoms with van der Waals surface area (Å²) >= 11 is 3.04. The van der Waals surface area contributed by atoms with Crippen molar-refractivity contribution >= 4 is 28.6 Å². The summed E-state index contributed by atoms with van der Waals surface area (Å²) < 4.78 is 0. The molecule has 0 aromatic carbocycles. The van der Waals surface area contributed by atoms with Crippen molar-refractivity contribution < 1.29 is 4.79 Å². The molecular formula is C16H16N4OS2. The van der Waals surface area contributed by atoms with Gasteiger partial charge in [0.05, 0.1) is 12.2 Å². The number of aromatic nitrogens is 3. The number of rotatable bonds is 4. The summed E-state index contributed by atoms with van der Waals surface area (Å²) in [6.07, 6.45) is 4.89. The van der Waals surface area contributed by atoms with E-state index in [0.29, 0.717) is 15.7 Å². The SMILES string of the molecule is Cc1cc([C@H](C)NC(=O)c2cnc(-c3ncccn3)s2)c(C)s1. The van der Waals surface area contributed by atoms with Gasteiger partial charge in [0.2, 0.25) is 0 Å². The van der Waals surface area contributed by atoms with Gasteiger partial charge in [0.1, 0.15) is 4.88 Å². The number of nitrogens with one attached hydrogen (secondary N) is 1. The number of hydrogen-bond acceptors (Lipinski definition) is 6. The number of thiophene rings is 1. The smallest absolute Gasteiger partial charge is 0.263 e. The molecule has 3 aromatic rings. The minimum Gasteiger partial charge on any atom is -0.345 e. The van der Waals surface area contributed by atoms with Crippen molar-refractivity contribution in [3.05, 3.63) is 50.9 Å². The van der Waals surface area contributed by atoms with Crippen molar-refractivity contribution in [1.29, 1.82) is 0 Å². The summed E-state index contributed by atoms with van der Waals surface area (Å²) in [5, 5.41) is 3.67. The molecule has 0 spiro atoms. The highest BCUT2D eigenvalue weighted by molar-refractivity contribution is 7.16. The van der Waals surface area contributed by atoms with Crippen LogP contribution in [-0.2, 0) is 0 Å². The van der Waals surface area contributed by atoms with E-state index < -0.39 is 0 Å². The molecule has 118 valence electrons. The molecule has 3 rings (SSSR count). The van der Waals surface area contributed by atoms with Gasteiger partial charge in [-0.25, -0.2) is 15.0 Å². The van der Waals surface area contributed by atoms with E-state index >= 15 is 0 Å². The molecule has 1 N–H and O–H groups in total. The topological polar surface area (TPSA) is 67.8 Å². The van der Waals surface area contributed by atoms with Gasteiger partial charge in [0.15, 0.2) is 10.8 Å². The van der Waals surface area contributed by atoms with Gasteiger partial charge >= 0.3 is 0 Å². The van der Waals surface area contributed by atoms with E-state index in [0.717, 1.165) is 5.56 Å². The number of nitrogens with zero attached hydrogens (tertiary/aromatic N) is 3. The van der Waals surface area contributed by atoms with Crippen LogP contribution < -0.4 is 5.32 Å². The maximum absolute atomic E-state index is 12.4. The third kappa shape index (κ3) is 3.46. The molecule has 1 amide bonds. The van der Waals surface area contributed by atoms with Gasteiger partial charge in [0, 0.05) is 22.1 Å². The fraction of sp³-hybridized carbons (Fsp3) is 0.250. The fourth-order valence-electron chi connectivity index (χ4n) is 2.32. The number of amides is 1. The molecule has 0 aliphatic carbocycles. The Balaban J connectivity index is 1.74. The molecule has 0 saturated heterocycles. The minimum atomic E-state index is -0.125. The van der Waals surface area contributed by atoms with Crippen molar-refractivity contribution in [1.82, 2.24) is 20.3 Å². The highest BCUT2D eigenvalue weighted by Gasteiger charge is 2.17. The van der Waals surface area contributed by atoms with E-state index in [4.69, 9.17) is 0 Å².